The molecule has 3 saturated heterocycles. The van der Waals surface area contributed by atoms with E-state index in [0.29, 0.717) is 64.0 Å². The maximum Gasteiger partial charge on any atom is 0.295 e. The van der Waals surface area contributed by atoms with Gasteiger partial charge < -0.3 is 35.1 Å². The summed E-state index contributed by atoms with van der Waals surface area (Å²) >= 11 is 2.76. The number of rotatable bonds is 4. The van der Waals surface area contributed by atoms with Gasteiger partial charge >= 0.3 is 0 Å². The summed E-state index contributed by atoms with van der Waals surface area (Å²) in [4.78, 5) is 23.3. The van der Waals surface area contributed by atoms with E-state index in [1.54, 1.807) is 17.0 Å². The molecule has 0 unspecified atom stereocenters. The first-order valence-electron chi connectivity index (χ1n) is 14.6. The molecular formula is C30H36BrF3N6O7. The lowest BCUT2D eigenvalue weighted by Gasteiger charge is -2.29. The number of nitrogens with zero attached hydrogens (tertiary/aromatic N) is 4. The molecule has 3 N–H and O–H groups in total. The van der Waals surface area contributed by atoms with Gasteiger partial charge in [0.2, 0.25) is 0 Å². The van der Waals surface area contributed by atoms with E-state index in [2.05, 4.69) is 21.2 Å². The number of hydrogen-bond acceptors (Lipinski definition) is 11. The Morgan fingerprint density at radius 3 is 1.51 bits per heavy atom. The van der Waals surface area contributed by atoms with Crippen LogP contribution in [-0.4, -0.2) is 88.8 Å². The molecule has 3 fully saturated rings. The third kappa shape index (κ3) is 11.6. The van der Waals surface area contributed by atoms with Crippen LogP contribution in [0.3, 0.4) is 0 Å². The van der Waals surface area contributed by atoms with Crippen molar-refractivity contribution in [3.63, 3.8) is 0 Å². The molecule has 0 aromatic heterocycles. The van der Waals surface area contributed by atoms with Crippen LogP contribution >= 0.6 is 15.9 Å². The number of ether oxygens (including phenoxy) is 3. The lowest BCUT2D eigenvalue weighted by atomic mass is 10.2. The average molecular weight is 730 g/mol. The number of nitrogens with one attached hydrogen (secondary N) is 1. The van der Waals surface area contributed by atoms with Crippen LogP contribution in [0, 0.1) is 37.7 Å². The van der Waals surface area contributed by atoms with E-state index in [4.69, 9.17) is 19.9 Å². The fourth-order valence-corrected chi connectivity index (χ4v) is 4.96. The minimum absolute atomic E-state index is 0.0656. The smallest absolute Gasteiger partial charge is 0.295 e. The minimum atomic E-state index is -0.646. The topological polar surface area (TPSA) is 158 Å². The second kappa shape index (κ2) is 19.6. The number of nitrogens with two attached hydrogens (primary N) is 1. The zero-order valence-corrected chi connectivity index (χ0v) is 27.0. The maximum atomic E-state index is 13.6. The van der Waals surface area contributed by atoms with Gasteiger partial charge in [-0.1, -0.05) is 18.2 Å². The Morgan fingerprint density at radius 1 is 0.660 bits per heavy atom. The van der Waals surface area contributed by atoms with Crippen molar-refractivity contribution < 1.29 is 37.2 Å². The lowest BCUT2D eigenvalue weighted by molar-refractivity contribution is -0.385. The Kier molecular flexibility index (Phi) is 15.6. The van der Waals surface area contributed by atoms with Crippen LogP contribution in [0.15, 0.2) is 59.1 Å². The van der Waals surface area contributed by atoms with Crippen LogP contribution in [0.5, 0.6) is 0 Å². The Labute approximate surface area is 277 Å². The molecule has 3 heterocycles. The van der Waals surface area contributed by atoms with Gasteiger partial charge in [-0.05, 0) is 40.2 Å². The molecule has 17 heteroatoms. The number of hydrogen-bond donors (Lipinski definition) is 2. The second-order valence-electron chi connectivity index (χ2n) is 9.93. The number of benzene rings is 3. The summed E-state index contributed by atoms with van der Waals surface area (Å²) in [7, 11) is 0. The predicted molar refractivity (Wildman–Crippen MR) is 174 cm³/mol. The second-order valence-corrected chi connectivity index (χ2v) is 10.7. The third-order valence-electron chi connectivity index (χ3n) is 6.81. The van der Waals surface area contributed by atoms with Crippen LogP contribution in [0.25, 0.3) is 0 Å². The first kappa shape index (κ1) is 37.4. The molecule has 0 atom stereocenters. The quantitative estimate of drug-likeness (QED) is 0.213. The zero-order chi connectivity index (χ0) is 34.2. The molecule has 3 aromatic rings. The molecule has 3 aliphatic rings. The Hall–Kier alpha value is -4.03. The van der Waals surface area contributed by atoms with Crippen LogP contribution in [0.2, 0.25) is 0 Å². The summed E-state index contributed by atoms with van der Waals surface area (Å²) in [5.74, 6) is -1.44. The van der Waals surface area contributed by atoms with E-state index in [1.165, 1.54) is 36.4 Å². The highest BCUT2D eigenvalue weighted by Gasteiger charge is 2.25. The van der Waals surface area contributed by atoms with Gasteiger partial charge in [-0.3, -0.25) is 20.2 Å². The SMILES string of the molecule is C1COCCN1.Nc1cccc(F)c1N1CCOCC1.O=[N+]([O-])c1cccc(F)c1Br.O=[N+]([O-])c1cccc(F)c1N1CCOCC1. The van der Waals surface area contributed by atoms with Crippen LogP contribution < -0.4 is 20.9 Å². The van der Waals surface area contributed by atoms with Crippen molar-refractivity contribution >= 4 is 44.4 Å². The number of halogens is 4. The molecule has 13 nitrogen and oxygen atoms in total. The van der Waals surface area contributed by atoms with Crippen molar-refractivity contribution in [2.24, 2.45) is 0 Å². The molecular weight excluding hydrogens is 693 g/mol. The number of anilines is 3. The Morgan fingerprint density at radius 2 is 1.09 bits per heavy atom. The van der Waals surface area contributed by atoms with Crippen molar-refractivity contribution in [1.29, 1.82) is 0 Å². The van der Waals surface area contributed by atoms with Crippen molar-refractivity contribution in [1.82, 2.24) is 5.32 Å². The van der Waals surface area contributed by atoms with E-state index in [1.807, 2.05) is 4.90 Å². The van der Waals surface area contributed by atoms with E-state index in [-0.39, 0.29) is 27.4 Å². The van der Waals surface area contributed by atoms with Gasteiger partial charge in [0.15, 0.2) is 11.5 Å². The molecule has 0 radical (unpaired) electrons. The molecule has 0 spiro atoms. The van der Waals surface area contributed by atoms with Gasteiger partial charge in [0.05, 0.1) is 60.9 Å². The summed E-state index contributed by atoms with van der Waals surface area (Å²) in [5.41, 5.74) is 6.35. The molecule has 3 aromatic carbocycles. The number of nitrogen functional groups attached to an aromatic ring is 1. The van der Waals surface area contributed by atoms with Crippen LogP contribution in [0.4, 0.5) is 41.6 Å². The highest BCUT2D eigenvalue weighted by atomic mass is 79.9. The molecule has 6 rings (SSSR count). The van der Waals surface area contributed by atoms with Crippen LogP contribution in [0.1, 0.15) is 0 Å². The van der Waals surface area contributed by atoms with Gasteiger partial charge in [-0.25, -0.2) is 13.2 Å². The number of nitro groups is 2. The Bertz CT molecular complexity index is 1430. The maximum absolute atomic E-state index is 13.6. The fraction of sp³-hybridized carbons (Fsp3) is 0.400. The zero-order valence-electron chi connectivity index (χ0n) is 25.4. The summed E-state index contributed by atoms with van der Waals surface area (Å²) in [6.07, 6.45) is 0. The standard InChI is InChI=1S/C10H11FN2O3.C10H13FN2O.C6H3BrFNO2.C4H9NO/c11-8-2-1-3-9(13(14)15)10(8)12-4-6-16-7-5-12;11-8-2-1-3-9(12)10(8)13-4-6-14-7-5-13;7-6-4(8)2-1-3-5(6)9(10)11;1-3-6-4-2-5-1/h1-3H,4-7H2;1-3H,4-7,12H2;1-3H;5H,1-4H2. The monoisotopic (exact) mass is 728 g/mol. The van der Waals surface area contributed by atoms with Crippen LogP contribution in [-0.2, 0) is 14.2 Å². The van der Waals surface area contributed by atoms with E-state index in [9.17, 15) is 33.4 Å². The van der Waals surface area contributed by atoms with Gasteiger partial charge in [0.1, 0.15) is 16.1 Å². The van der Waals surface area contributed by atoms with E-state index < -0.39 is 21.5 Å². The average Bonchev–Trinajstić information content (AvgIpc) is 3.08. The molecule has 47 heavy (non-hydrogen) atoms. The van der Waals surface area contributed by atoms with Gasteiger partial charge in [0, 0.05) is 51.4 Å². The summed E-state index contributed by atoms with van der Waals surface area (Å²) < 4.78 is 54.9. The highest BCUT2D eigenvalue weighted by molar-refractivity contribution is 9.10. The molecule has 0 amide bonds. The number of morpholine rings is 3. The molecule has 0 bridgehead atoms. The van der Waals surface area contributed by atoms with Crippen molar-refractivity contribution in [3.05, 3.63) is 96.8 Å². The first-order chi connectivity index (χ1) is 22.6. The van der Waals surface area contributed by atoms with Crippen molar-refractivity contribution in [2.45, 2.75) is 0 Å². The number of nitro benzene ring substituents is 2. The first-order valence-corrected chi connectivity index (χ1v) is 15.4. The minimum Gasteiger partial charge on any atom is -0.397 e. The molecule has 3 aliphatic heterocycles. The normalized spacial score (nSPS) is 15.9. The predicted octanol–water partition coefficient (Wildman–Crippen LogP) is 4.92. The lowest BCUT2D eigenvalue weighted by Crippen LogP contribution is -2.37. The van der Waals surface area contributed by atoms with E-state index >= 15 is 0 Å². The largest absolute Gasteiger partial charge is 0.397 e. The summed E-state index contributed by atoms with van der Waals surface area (Å²) in [5, 5.41) is 24.1. The van der Waals surface area contributed by atoms with Gasteiger partial charge in [-0.15, -0.1) is 0 Å². The van der Waals surface area contributed by atoms with Gasteiger partial charge in [-0.2, -0.15) is 0 Å². The third-order valence-corrected chi connectivity index (χ3v) is 7.59. The summed E-state index contributed by atoms with van der Waals surface area (Å²) in [6.45, 7) is 8.37. The molecule has 0 saturated carbocycles. The molecule has 256 valence electrons. The highest BCUT2D eigenvalue weighted by Crippen LogP contribution is 2.31. The fourth-order valence-electron chi connectivity index (χ4n) is 4.55. The molecule has 0 aliphatic carbocycles. The summed E-state index contributed by atoms with van der Waals surface area (Å²) in [6, 6.07) is 12.3. The van der Waals surface area contributed by atoms with Crippen molar-refractivity contribution in [2.75, 3.05) is 94.4 Å². The van der Waals surface area contributed by atoms with E-state index in [0.717, 1.165) is 32.4 Å². The van der Waals surface area contributed by atoms with Gasteiger partial charge in [0.25, 0.3) is 11.4 Å². The van der Waals surface area contributed by atoms with Crippen molar-refractivity contribution in [3.8, 4) is 0 Å². The Balaban J connectivity index is 0.000000178. The number of para-hydroxylation sites is 2.